The zero-order valence-corrected chi connectivity index (χ0v) is 11.5. The van der Waals surface area contributed by atoms with Crippen molar-refractivity contribution in [1.82, 2.24) is 5.32 Å². The minimum absolute atomic E-state index is 0. The summed E-state index contributed by atoms with van der Waals surface area (Å²) in [5.41, 5.74) is 7.00. The molecule has 100 valence electrons. The van der Waals surface area contributed by atoms with Gasteiger partial charge in [0.2, 0.25) is 5.91 Å². The first-order chi connectivity index (χ1) is 8.16. The van der Waals surface area contributed by atoms with E-state index in [9.17, 15) is 4.79 Å². The summed E-state index contributed by atoms with van der Waals surface area (Å²) in [7, 11) is 0. The molecule has 1 aromatic carbocycles. The molecule has 0 spiro atoms. The molecule has 0 heterocycles. The van der Waals surface area contributed by atoms with Gasteiger partial charge in [-0.3, -0.25) is 4.79 Å². The highest BCUT2D eigenvalue weighted by Crippen LogP contribution is 2.36. The van der Waals surface area contributed by atoms with Crippen molar-refractivity contribution >= 4 is 18.3 Å². The largest absolute Gasteiger partial charge is 0.356 e. The molecule has 0 aromatic heterocycles. The van der Waals surface area contributed by atoms with E-state index in [0.29, 0.717) is 12.3 Å². The minimum atomic E-state index is -0.201. The number of benzene rings is 1. The Morgan fingerprint density at radius 1 is 1.44 bits per heavy atom. The number of nitrogens with two attached hydrogens (primary N) is 1. The molecule has 0 bridgehead atoms. The molecule has 0 radical (unpaired) electrons. The lowest BCUT2D eigenvalue weighted by atomic mass is 10.0. The van der Waals surface area contributed by atoms with Crippen molar-refractivity contribution in [2.45, 2.75) is 25.8 Å². The number of carbonyl (C=O) groups is 1. The summed E-state index contributed by atoms with van der Waals surface area (Å²) in [4.78, 5) is 11.7. The van der Waals surface area contributed by atoms with Gasteiger partial charge in [0.25, 0.3) is 0 Å². The second-order valence-electron chi connectivity index (χ2n) is 5.00. The molecular weight excluding hydrogens is 248 g/mol. The van der Waals surface area contributed by atoms with Crippen LogP contribution in [0.15, 0.2) is 30.3 Å². The zero-order valence-electron chi connectivity index (χ0n) is 10.6. The first kappa shape index (κ1) is 15.0. The Balaban J connectivity index is 0.00000162. The van der Waals surface area contributed by atoms with Crippen LogP contribution in [0.1, 0.15) is 31.4 Å². The number of hydrogen-bond donors (Lipinski definition) is 2. The molecule has 0 saturated heterocycles. The van der Waals surface area contributed by atoms with Gasteiger partial charge in [0.1, 0.15) is 0 Å². The van der Waals surface area contributed by atoms with E-state index in [1.807, 2.05) is 30.3 Å². The highest BCUT2D eigenvalue weighted by molar-refractivity contribution is 5.85. The van der Waals surface area contributed by atoms with Gasteiger partial charge in [-0.25, -0.2) is 0 Å². The molecule has 4 heteroatoms. The SMILES string of the molecule is CC1CC1CNC(=O)CC(N)c1ccccc1.Cl. The van der Waals surface area contributed by atoms with Crippen LogP contribution in [-0.4, -0.2) is 12.5 Å². The third-order valence-electron chi connectivity index (χ3n) is 3.47. The molecule has 3 unspecified atom stereocenters. The third-order valence-corrected chi connectivity index (χ3v) is 3.47. The van der Waals surface area contributed by atoms with Crippen molar-refractivity contribution in [3.8, 4) is 0 Å². The average Bonchev–Trinajstić information content (AvgIpc) is 3.04. The molecular formula is C14H21ClN2O. The molecule has 0 aliphatic heterocycles. The Morgan fingerprint density at radius 3 is 2.61 bits per heavy atom. The van der Waals surface area contributed by atoms with E-state index in [1.165, 1.54) is 6.42 Å². The highest BCUT2D eigenvalue weighted by atomic mass is 35.5. The van der Waals surface area contributed by atoms with Crippen molar-refractivity contribution in [2.24, 2.45) is 17.6 Å². The van der Waals surface area contributed by atoms with Crippen molar-refractivity contribution in [2.75, 3.05) is 6.54 Å². The van der Waals surface area contributed by atoms with Crippen LogP contribution in [0.2, 0.25) is 0 Å². The van der Waals surface area contributed by atoms with Gasteiger partial charge in [-0.15, -0.1) is 12.4 Å². The fourth-order valence-electron chi connectivity index (χ4n) is 2.02. The number of rotatable bonds is 5. The van der Waals surface area contributed by atoms with E-state index in [2.05, 4.69) is 12.2 Å². The minimum Gasteiger partial charge on any atom is -0.356 e. The monoisotopic (exact) mass is 268 g/mol. The summed E-state index contributed by atoms with van der Waals surface area (Å²) in [5.74, 6) is 1.52. The van der Waals surface area contributed by atoms with Crippen LogP contribution in [0.5, 0.6) is 0 Å². The Labute approximate surface area is 115 Å². The van der Waals surface area contributed by atoms with E-state index in [1.54, 1.807) is 0 Å². The lowest BCUT2D eigenvalue weighted by Gasteiger charge is -2.11. The van der Waals surface area contributed by atoms with Crippen LogP contribution in [0.25, 0.3) is 0 Å². The average molecular weight is 269 g/mol. The molecule has 1 amide bonds. The van der Waals surface area contributed by atoms with Crippen molar-refractivity contribution in [3.05, 3.63) is 35.9 Å². The van der Waals surface area contributed by atoms with E-state index >= 15 is 0 Å². The summed E-state index contributed by atoms with van der Waals surface area (Å²) >= 11 is 0. The molecule has 2 rings (SSSR count). The van der Waals surface area contributed by atoms with Crippen LogP contribution in [0.4, 0.5) is 0 Å². The van der Waals surface area contributed by atoms with Crippen LogP contribution in [0.3, 0.4) is 0 Å². The molecule has 18 heavy (non-hydrogen) atoms. The number of hydrogen-bond acceptors (Lipinski definition) is 2. The van der Waals surface area contributed by atoms with Crippen LogP contribution in [0, 0.1) is 11.8 Å². The number of halogens is 1. The fraction of sp³-hybridized carbons (Fsp3) is 0.500. The van der Waals surface area contributed by atoms with Gasteiger partial charge < -0.3 is 11.1 Å². The number of amides is 1. The van der Waals surface area contributed by atoms with Crippen LogP contribution in [-0.2, 0) is 4.79 Å². The van der Waals surface area contributed by atoms with Gasteiger partial charge in [0.05, 0.1) is 0 Å². The van der Waals surface area contributed by atoms with E-state index < -0.39 is 0 Å². The van der Waals surface area contributed by atoms with Gasteiger partial charge in [-0.1, -0.05) is 37.3 Å². The molecule has 1 aliphatic carbocycles. The maximum absolute atomic E-state index is 11.7. The Kier molecular flexibility index (Phi) is 5.63. The predicted molar refractivity (Wildman–Crippen MR) is 75.5 cm³/mol. The zero-order chi connectivity index (χ0) is 12.3. The van der Waals surface area contributed by atoms with Crippen LogP contribution >= 0.6 is 12.4 Å². The third kappa shape index (κ3) is 4.31. The van der Waals surface area contributed by atoms with Gasteiger partial charge in [0, 0.05) is 19.0 Å². The fourth-order valence-corrected chi connectivity index (χ4v) is 2.02. The molecule has 3 nitrogen and oxygen atoms in total. The molecule has 3 atom stereocenters. The lowest BCUT2D eigenvalue weighted by Crippen LogP contribution is -2.29. The molecule has 1 aliphatic rings. The first-order valence-electron chi connectivity index (χ1n) is 6.24. The Bertz CT molecular complexity index is 383. The topological polar surface area (TPSA) is 55.1 Å². The van der Waals surface area contributed by atoms with E-state index in [-0.39, 0.29) is 24.4 Å². The predicted octanol–water partition coefficient (Wildman–Crippen LogP) is 2.27. The molecule has 1 saturated carbocycles. The van der Waals surface area contributed by atoms with Gasteiger partial charge in [-0.05, 0) is 23.8 Å². The summed E-state index contributed by atoms with van der Waals surface area (Å²) in [6.45, 7) is 3.02. The standard InChI is InChI=1S/C14H20N2O.ClH/c1-10-7-12(10)9-16-14(17)8-13(15)11-5-3-2-4-6-11;/h2-6,10,12-13H,7-9,15H2,1H3,(H,16,17);1H. The normalized spacial score (nSPS) is 22.8. The van der Waals surface area contributed by atoms with Crippen LogP contribution < -0.4 is 11.1 Å². The Hall–Kier alpha value is -1.06. The van der Waals surface area contributed by atoms with Crippen molar-refractivity contribution in [3.63, 3.8) is 0 Å². The quantitative estimate of drug-likeness (QED) is 0.861. The smallest absolute Gasteiger partial charge is 0.221 e. The molecule has 3 N–H and O–H groups in total. The van der Waals surface area contributed by atoms with Crippen molar-refractivity contribution in [1.29, 1.82) is 0 Å². The van der Waals surface area contributed by atoms with E-state index in [4.69, 9.17) is 5.73 Å². The number of nitrogens with one attached hydrogen (secondary N) is 1. The summed E-state index contributed by atoms with van der Waals surface area (Å²) in [6, 6.07) is 9.55. The first-order valence-corrected chi connectivity index (χ1v) is 6.24. The molecule has 1 fully saturated rings. The highest BCUT2D eigenvalue weighted by Gasteiger charge is 2.32. The number of carbonyl (C=O) groups excluding carboxylic acids is 1. The van der Waals surface area contributed by atoms with Gasteiger partial charge in [0.15, 0.2) is 0 Å². The van der Waals surface area contributed by atoms with Gasteiger partial charge >= 0.3 is 0 Å². The van der Waals surface area contributed by atoms with Gasteiger partial charge in [-0.2, -0.15) is 0 Å². The lowest BCUT2D eigenvalue weighted by molar-refractivity contribution is -0.121. The second kappa shape index (κ2) is 6.76. The maximum atomic E-state index is 11.7. The summed E-state index contributed by atoms with van der Waals surface area (Å²) < 4.78 is 0. The Morgan fingerprint density at radius 2 is 2.06 bits per heavy atom. The molecule has 1 aromatic rings. The van der Waals surface area contributed by atoms with Crippen molar-refractivity contribution < 1.29 is 4.79 Å². The maximum Gasteiger partial charge on any atom is 0.221 e. The summed E-state index contributed by atoms with van der Waals surface area (Å²) in [6.07, 6.45) is 1.61. The summed E-state index contributed by atoms with van der Waals surface area (Å²) in [5, 5.41) is 2.96. The second-order valence-corrected chi connectivity index (χ2v) is 5.00. The van der Waals surface area contributed by atoms with E-state index in [0.717, 1.165) is 18.0 Å².